The molecule has 0 heterocycles. The molecule has 0 fully saturated rings. The van der Waals surface area contributed by atoms with E-state index in [1.165, 1.54) is 139 Å². The van der Waals surface area contributed by atoms with Crippen LogP contribution in [0.25, 0.3) is 54.9 Å². The molecule has 0 bridgehead atoms. The minimum absolute atomic E-state index is 1.03. The quantitative estimate of drug-likeness (QED) is 0.0592. The Morgan fingerprint density at radius 2 is 0.969 bits per heavy atom. The zero-order valence-corrected chi connectivity index (χ0v) is 38.3. The van der Waals surface area contributed by atoms with Crippen molar-refractivity contribution < 1.29 is 0 Å². The van der Waals surface area contributed by atoms with Crippen molar-refractivity contribution in [3.8, 4) is 33.4 Å². The van der Waals surface area contributed by atoms with Gasteiger partial charge < -0.3 is 10.2 Å². The minimum atomic E-state index is 1.03. The summed E-state index contributed by atoms with van der Waals surface area (Å²) in [6, 6.07) is 68.3. The van der Waals surface area contributed by atoms with Gasteiger partial charge in [-0.25, -0.2) is 0 Å². The molecule has 1 N–H and O–H groups in total. The summed E-state index contributed by atoms with van der Waals surface area (Å²) in [7, 11) is 0. The molecule has 65 heavy (non-hydrogen) atoms. The maximum Gasteiger partial charge on any atom is 0.0619 e. The molecule has 0 saturated heterocycles. The van der Waals surface area contributed by atoms with Crippen LogP contribution < -0.4 is 10.2 Å². The lowest BCUT2D eigenvalue weighted by Gasteiger charge is -2.30. The summed E-state index contributed by atoms with van der Waals surface area (Å²) in [5, 5.41) is 8.65. The van der Waals surface area contributed by atoms with Crippen molar-refractivity contribution in [2.75, 3.05) is 10.2 Å². The molecular formula is C63H60N2. The number of nitrogens with zero attached hydrogens (tertiary/aromatic N) is 1. The van der Waals surface area contributed by atoms with Gasteiger partial charge in [-0.2, -0.15) is 0 Å². The average molecular weight is 845 g/mol. The van der Waals surface area contributed by atoms with E-state index in [2.05, 4.69) is 213 Å². The molecule has 0 radical (unpaired) electrons. The molecule has 9 aromatic rings. The van der Waals surface area contributed by atoms with E-state index < -0.39 is 0 Å². The Kier molecular flexibility index (Phi) is 12.3. The highest BCUT2D eigenvalue weighted by Gasteiger charge is 2.24. The van der Waals surface area contributed by atoms with Gasteiger partial charge in [0.25, 0.3) is 0 Å². The van der Waals surface area contributed by atoms with E-state index in [0.717, 1.165) is 36.3 Å². The van der Waals surface area contributed by atoms with E-state index in [1.807, 2.05) is 0 Å². The molecule has 9 aromatic carbocycles. The smallest absolute Gasteiger partial charge is 0.0619 e. The molecule has 1 aliphatic rings. The predicted molar refractivity (Wildman–Crippen MR) is 281 cm³/mol. The molecule has 0 spiro atoms. The molecule has 2 nitrogen and oxygen atoms in total. The number of fused-ring (bicyclic) bond motifs is 3. The number of anilines is 5. The van der Waals surface area contributed by atoms with E-state index in [-0.39, 0.29) is 0 Å². The zero-order valence-electron chi connectivity index (χ0n) is 38.3. The second kappa shape index (κ2) is 19.1. The van der Waals surface area contributed by atoms with Gasteiger partial charge in [0.1, 0.15) is 0 Å². The Morgan fingerprint density at radius 1 is 0.431 bits per heavy atom. The third-order valence-corrected chi connectivity index (χ3v) is 13.7. The van der Waals surface area contributed by atoms with E-state index in [9.17, 15) is 0 Å². The van der Waals surface area contributed by atoms with Crippen LogP contribution in [0.1, 0.15) is 80.2 Å². The number of hydrogen-bond acceptors (Lipinski definition) is 2. The van der Waals surface area contributed by atoms with Gasteiger partial charge in [0.2, 0.25) is 0 Å². The van der Waals surface area contributed by atoms with Gasteiger partial charge >= 0.3 is 0 Å². The van der Waals surface area contributed by atoms with Crippen LogP contribution >= 0.6 is 0 Å². The standard InChI is InChI=1S/C63H60N2/c1-4-6-9-19-48-41-44(3)29-39-56(48)57-40-38-53(43-49(57)20-10-7-5-2)65(52-36-34-46(35-37-52)54-23-13-14-24-55(54)50-33-31-45-30-32-47(45)42-50)63-60-27-17-15-25-58(60)62(59-26-16-18-28-61(59)63)64-51-21-11-8-12-22-51/h8,11-18,21-29,31,33-43,64H,4-7,9-10,19-20,30,32H2,1-3H3. The zero-order chi connectivity index (χ0) is 44.1. The number of aryl methyl sites for hydroxylation is 5. The van der Waals surface area contributed by atoms with Crippen molar-refractivity contribution in [2.24, 2.45) is 0 Å². The van der Waals surface area contributed by atoms with Crippen LogP contribution in [0, 0.1) is 6.92 Å². The van der Waals surface area contributed by atoms with Crippen LogP contribution in [-0.4, -0.2) is 0 Å². The van der Waals surface area contributed by atoms with Crippen molar-refractivity contribution in [2.45, 2.75) is 85.0 Å². The van der Waals surface area contributed by atoms with Gasteiger partial charge in [0.05, 0.1) is 11.4 Å². The summed E-state index contributed by atoms with van der Waals surface area (Å²) in [4.78, 5) is 2.55. The van der Waals surface area contributed by atoms with E-state index >= 15 is 0 Å². The maximum atomic E-state index is 3.86. The lowest BCUT2D eigenvalue weighted by molar-refractivity contribution is 0.715. The third kappa shape index (κ3) is 8.59. The molecule has 2 heteroatoms. The Balaban J connectivity index is 1.17. The van der Waals surface area contributed by atoms with E-state index in [0.29, 0.717) is 0 Å². The Hall–Kier alpha value is -6.90. The van der Waals surface area contributed by atoms with Gasteiger partial charge in [-0.3, -0.25) is 0 Å². The van der Waals surface area contributed by atoms with Crippen molar-refractivity contribution >= 4 is 50.0 Å². The van der Waals surface area contributed by atoms with Crippen LogP contribution in [0.3, 0.4) is 0 Å². The number of hydrogen-bond donors (Lipinski definition) is 1. The molecule has 1 aliphatic carbocycles. The van der Waals surface area contributed by atoms with Crippen molar-refractivity contribution in [3.63, 3.8) is 0 Å². The van der Waals surface area contributed by atoms with Crippen LogP contribution in [0.4, 0.5) is 28.4 Å². The molecular weight excluding hydrogens is 785 g/mol. The van der Waals surface area contributed by atoms with Crippen LogP contribution in [-0.2, 0) is 25.7 Å². The van der Waals surface area contributed by atoms with Gasteiger partial charge in [-0.05, 0) is 137 Å². The van der Waals surface area contributed by atoms with Gasteiger partial charge in [0, 0.05) is 38.6 Å². The minimum Gasteiger partial charge on any atom is -0.355 e. The highest BCUT2D eigenvalue weighted by molar-refractivity contribution is 6.22. The number of unbranched alkanes of at least 4 members (excludes halogenated alkanes) is 4. The SMILES string of the molecule is CCCCCc1cc(C)ccc1-c1ccc(N(c2ccc(-c3ccccc3-c3ccc4c(c3)CC4)cc2)c2c3ccccc3c(Nc3ccccc3)c3ccccc23)cc1CCCCC. The van der Waals surface area contributed by atoms with Crippen LogP contribution in [0.5, 0.6) is 0 Å². The van der Waals surface area contributed by atoms with Crippen molar-refractivity contribution in [3.05, 3.63) is 210 Å². The van der Waals surface area contributed by atoms with Crippen LogP contribution in [0.2, 0.25) is 0 Å². The molecule has 0 aromatic heterocycles. The summed E-state index contributed by atoms with van der Waals surface area (Å²) in [6.07, 6.45) is 11.8. The van der Waals surface area contributed by atoms with Crippen molar-refractivity contribution in [1.82, 2.24) is 0 Å². The molecule has 10 rings (SSSR count). The van der Waals surface area contributed by atoms with Gasteiger partial charge in [-0.1, -0.05) is 191 Å². The van der Waals surface area contributed by atoms with E-state index in [4.69, 9.17) is 0 Å². The Morgan fingerprint density at radius 3 is 1.58 bits per heavy atom. The lowest BCUT2D eigenvalue weighted by atomic mass is 9.85. The fourth-order valence-electron chi connectivity index (χ4n) is 10.2. The first kappa shape index (κ1) is 42.1. The molecule has 0 aliphatic heterocycles. The third-order valence-electron chi connectivity index (χ3n) is 13.7. The van der Waals surface area contributed by atoms with Crippen LogP contribution in [0.15, 0.2) is 182 Å². The first-order valence-corrected chi connectivity index (χ1v) is 24.2. The summed E-state index contributed by atoms with van der Waals surface area (Å²) in [5.41, 5.74) is 20.7. The first-order valence-electron chi connectivity index (χ1n) is 24.2. The second-order valence-electron chi connectivity index (χ2n) is 18.1. The number of para-hydroxylation sites is 1. The molecule has 0 saturated carbocycles. The average Bonchev–Trinajstić information content (AvgIpc) is 3.34. The summed E-state index contributed by atoms with van der Waals surface area (Å²) in [6.45, 7) is 6.85. The maximum absolute atomic E-state index is 3.86. The number of benzene rings is 9. The monoisotopic (exact) mass is 844 g/mol. The molecule has 0 atom stereocenters. The Bertz CT molecular complexity index is 3050. The highest BCUT2D eigenvalue weighted by Crippen LogP contribution is 2.49. The second-order valence-corrected chi connectivity index (χ2v) is 18.1. The summed E-state index contributed by atoms with van der Waals surface area (Å²) < 4.78 is 0. The fraction of sp³-hybridized carbons (Fsp3) is 0.206. The summed E-state index contributed by atoms with van der Waals surface area (Å²) in [5.74, 6) is 0. The number of rotatable bonds is 16. The predicted octanol–water partition coefficient (Wildman–Crippen LogP) is 18.1. The van der Waals surface area contributed by atoms with Crippen molar-refractivity contribution in [1.29, 1.82) is 0 Å². The Labute approximate surface area is 386 Å². The molecule has 0 unspecified atom stereocenters. The molecule has 322 valence electrons. The topological polar surface area (TPSA) is 15.3 Å². The normalized spacial score (nSPS) is 12.0. The fourth-order valence-corrected chi connectivity index (χ4v) is 10.2. The number of nitrogens with one attached hydrogen (secondary N) is 1. The first-order chi connectivity index (χ1) is 32.1. The van der Waals surface area contributed by atoms with Gasteiger partial charge in [-0.15, -0.1) is 0 Å². The lowest BCUT2D eigenvalue weighted by Crippen LogP contribution is -2.12. The van der Waals surface area contributed by atoms with Gasteiger partial charge in [0.15, 0.2) is 0 Å². The molecule has 0 amide bonds. The van der Waals surface area contributed by atoms with E-state index in [1.54, 1.807) is 0 Å². The highest BCUT2D eigenvalue weighted by atomic mass is 15.1. The summed E-state index contributed by atoms with van der Waals surface area (Å²) >= 11 is 0. The largest absolute Gasteiger partial charge is 0.355 e.